The maximum atomic E-state index is 12.4. The van der Waals surface area contributed by atoms with Crippen LogP contribution in [0.15, 0.2) is 109 Å². The molecule has 1 aromatic heterocycles. The molecule has 0 aliphatic heterocycles. The number of aromatic carboxylic acids is 1. The monoisotopic (exact) mass is 460 g/mol. The van der Waals surface area contributed by atoms with Crippen molar-refractivity contribution in [3.63, 3.8) is 0 Å². The van der Waals surface area contributed by atoms with Gasteiger partial charge < -0.3 is 15.0 Å². The summed E-state index contributed by atoms with van der Waals surface area (Å²) in [7, 11) is 0. The second kappa shape index (κ2) is 9.31. The third-order valence-electron chi connectivity index (χ3n) is 6.06. The van der Waals surface area contributed by atoms with Crippen molar-refractivity contribution in [1.82, 2.24) is 4.57 Å². The minimum Gasteiger partial charge on any atom is -0.477 e. The molecule has 0 unspecified atom stereocenters. The predicted molar refractivity (Wildman–Crippen MR) is 139 cm³/mol. The average molecular weight is 461 g/mol. The lowest BCUT2D eigenvalue weighted by atomic mass is 9.97. The lowest BCUT2D eigenvalue weighted by Gasteiger charge is -2.23. The number of nitrogens with one attached hydrogen (secondary N) is 1. The van der Waals surface area contributed by atoms with Crippen LogP contribution in [0.25, 0.3) is 22.0 Å². The second-order valence-corrected chi connectivity index (χ2v) is 8.46. The number of carbonyl (C=O) groups excluding carboxylic acids is 1. The molecule has 0 radical (unpaired) electrons. The van der Waals surface area contributed by atoms with E-state index in [-0.39, 0.29) is 17.6 Å². The van der Waals surface area contributed by atoms with Gasteiger partial charge in [0.15, 0.2) is 0 Å². The average Bonchev–Trinajstić information content (AvgIpc) is 3.24. The molecule has 4 aromatic carbocycles. The van der Waals surface area contributed by atoms with Gasteiger partial charge in [0.25, 0.3) is 0 Å². The molecule has 0 aliphatic rings. The predicted octanol–water partition coefficient (Wildman–Crippen LogP) is 6.60. The molecule has 0 bridgehead atoms. The van der Waals surface area contributed by atoms with Crippen LogP contribution in [-0.2, 0) is 4.79 Å². The molecule has 172 valence electrons. The van der Waals surface area contributed by atoms with Gasteiger partial charge in [-0.15, -0.1) is 0 Å². The quantitative estimate of drug-likeness (QED) is 0.300. The molecule has 5 aromatic rings. The van der Waals surface area contributed by atoms with E-state index in [9.17, 15) is 14.7 Å². The van der Waals surface area contributed by atoms with Crippen LogP contribution in [0, 0.1) is 0 Å². The van der Waals surface area contributed by atoms with Crippen LogP contribution in [0.1, 0.15) is 34.6 Å². The molecule has 5 nitrogen and oxygen atoms in total. The zero-order chi connectivity index (χ0) is 24.4. The van der Waals surface area contributed by atoms with Crippen molar-refractivity contribution in [3.8, 4) is 11.1 Å². The molecular formula is C30H24N2O3. The van der Waals surface area contributed by atoms with Gasteiger partial charge in [-0.25, -0.2) is 4.79 Å². The highest BCUT2D eigenvalue weighted by Gasteiger charge is 2.24. The first kappa shape index (κ1) is 22.2. The van der Waals surface area contributed by atoms with Crippen LogP contribution in [0.5, 0.6) is 0 Å². The molecule has 1 heterocycles. The fourth-order valence-corrected chi connectivity index (χ4v) is 4.60. The number of carboxylic acid groups (broad SMARTS) is 1. The fourth-order valence-electron chi connectivity index (χ4n) is 4.60. The number of carbonyl (C=O) groups is 2. The van der Waals surface area contributed by atoms with Crippen LogP contribution in [0.4, 0.5) is 5.69 Å². The molecule has 0 saturated heterocycles. The lowest BCUT2D eigenvalue weighted by Crippen LogP contribution is -2.17. The van der Waals surface area contributed by atoms with E-state index in [2.05, 4.69) is 5.32 Å². The van der Waals surface area contributed by atoms with Crippen LogP contribution in [0.3, 0.4) is 0 Å². The fraction of sp³-hybridized carbons (Fsp3) is 0.0667. The number of aromatic nitrogens is 1. The topological polar surface area (TPSA) is 71.3 Å². The van der Waals surface area contributed by atoms with E-state index in [4.69, 9.17) is 0 Å². The minimum atomic E-state index is -0.979. The van der Waals surface area contributed by atoms with Crippen molar-refractivity contribution in [2.45, 2.75) is 13.0 Å². The number of rotatable bonds is 6. The number of fused-ring (bicyclic) bond motifs is 1. The van der Waals surface area contributed by atoms with E-state index in [1.165, 1.54) is 6.92 Å². The van der Waals surface area contributed by atoms with Crippen molar-refractivity contribution in [2.24, 2.45) is 0 Å². The highest BCUT2D eigenvalue weighted by molar-refractivity contribution is 5.97. The van der Waals surface area contributed by atoms with Crippen LogP contribution < -0.4 is 5.32 Å². The van der Waals surface area contributed by atoms with Crippen molar-refractivity contribution in [3.05, 3.63) is 126 Å². The van der Waals surface area contributed by atoms with Crippen molar-refractivity contribution >= 4 is 28.5 Å². The molecule has 0 atom stereocenters. The van der Waals surface area contributed by atoms with Gasteiger partial charge in [0.2, 0.25) is 5.91 Å². The smallest absolute Gasteiger partial charge is 0.352 e. The molecule has 0 fully saturated rings. The number of hydrogen-bond donors (Lipinski definition) is 2. The maximum Gasteiger partial charge on any atom is 0.352 e. The molecule has 5 rings (SSSR count). The zero-order valence-corrected chi connectivity index (χ0v) is 19.2. The summed E-state index contributed by atoms with van der Waals surface area (Å²) in [4.78, 5) is 23.9. The number of anilines is 1. The first-order valence-electron chi connectivity index (χ1n) is 11.4. The number of amides is 1. The largest absolute Gasteiger partial charge is 0.477 e. The highest BCUT2D eigenvalue weighted by Crippen LogP contribution is 2.35. The number of carboxylic acids is 1. The summed E-state index contributed by atoms with van der Waals surface area (Å²) in [5.74, 6) is -1.11. The third-order valence-corrected chi connectivity index (χ3v) is 6.06. The first-order valence-corrected chi connectivity index (χ1v) is 11.4. The molecule has 0 saturated carbocycles. The number of nitrogens with zero attached hydrogens (tertiary/aromatic N) is 1. The highest BCUT2D eigenvalue weighted by atomic mass is 16.4. The van der Waals surface area contributed by atoms with E-state index >= 15 is 0 Å². The van der Waals surface area contributed by atoms with Gasteiger partial charge in [-0.2, -0.15) is 0 Å². The maximum absolute atomic E-state index is 12.4. The second-order valence-electron chi connectivity index (χ2n) is 8.46. The molecule has 0 spiro atoms. The lowest BCUT2D eigenvalue weighted by molar-refractivity contribution is -0.114. The Bertz CT molecular complexity index is 1480. The van der Waals surface area contributed by atoms with Gasteiger partial charge in [0.1, 0.15) is 5.69 Å². The Hall–Kier alpha value is -4.64. The molecule has 5 heteroatoms. The zero-order valence-electron chi connectivity index (χ0n) is 19.2. The van der Waals surface area contributed by atoms with Gasteiger partial charge in [-0.1, -0.05) is 78.9 Å². The van der Waals surface area contributed by atoms with E-state index < -0.39 is 5.97 Å². The van der Waals surface area contributed by atoms with Gasteiger partial charge in [0, 0.05) is 23.5 Å². The van der Waals surface area contributed by atoms with Crippen LogP contribution >= 0.6 is 0 Å². The molecule has 35 heavy (non-hydrogen) atoms. The molecule has 0 aliphatic carbocycles. The summed E-state index contributed by atoms with van der Waals surface area (Å²) in [5.41, 5.74) is 5.66. The Kier molecular flexibility index (Phi) is 5.90. The minimum absolute atomic E-state index is 0.131. The van der Waals surface area contributed by atoms with E-state index in [1.54, 1.807) is 6.07 Å². The Labute approximate surface area is 203 Å². The Morgan fingerprint density at radius 2 is 1.37 bits per heavy atom. The summed E-state index contributed by atoms with van der Waals surface area (Å²) < 4.78 is 1.90. The SMILES string of the molecule is CC(=O)Nc1cccc(-c2ccc3c(c2)cc(C(=O)O)n3C(c2ccccc2)c2ccccc2)c1. The first-order chi connectivity index (χ1) is 17.0. The summed E-state index contributed by atoms with van der Waals surface area (Å²) in [6.07, 6.45) is 0. The van der Waals surface area contributed by atoms with Gasteiger partial charge in [-0.3, -0.25) is 4.79 Å². The van der Waals surface area contributed by atoms with E-state index in [1.807, 2.05) is 108 Å². The Morgan fingerprint density at radius 1 is 0.743 bits per heavy atom. The molecular weight excluding hydrogens is 436 g/mol. The summed E-state index contributed by atoms with van der Waals surface area (Å²) in [6.45, 7) is 1.48. The van der Waals surface area contributed by atoms with Gasteiger partial charge in [0.05, 0.1) is 6.04 Å². The number of hydrogen-bond acceptors (Lipinski definition) is 2. The van der Waals surface area contributed by atoms with E-state index in [0.29, 0.717) is 5.69 Å². The van der Waals surface area contributed by atoms with E-state index in [0.717, 1.165) is 33.2 Å². The summed E-state index contributed by atoms with van der Waals surface area (Å²) in [5, 5.41) is 13.8. The van der Waals surface area contributed by atoms with Gasteiger partial charge in [-0.05, 0) is 52.6 Å². The third kappa shape index (κ3) is 4.44. The Balaban J connectivity index is 1.69. The summed E-state index contributed by atoms with van der Waals surface area (Å²) >= 11 is 0. The van der Waals surface area contributed by atoms with Gasteiger partial charge >= 0.3 is 5.97 Å². The Morgan fingerprint density at radius 3 is 1.97 bits per heavy atom. The normalized spacial score (nSPS) is 11.0. The van der Waals surface area contributed by atoms with Crippen LogP contribution in [0.2, 0.25) is 0 Å². The summed E-state index contributed by atoms with van der Waals surface area (Å²) in [6, 6.07) is 34.9. The number of benzene rings is 4. The van der Waals surface area contributed by atoms with Crippen molar-refractivity contribution in [1.29, 1.82) is 0 Å². The van der Waals surface area contributed by atoms with Crippen molar-refractivity contribution in [2.75, 3.05) is 5.32 Å². The molecule has 2 N–H and O–H groups in total. The van der Waals surface area contributed by atoms with Crippen molar-refractivity contribution < 1.29 is 14.7 Å². The van der Waals surface area contributed by atoms with Crippen LogP contribution in [-0.4, -0.2) is 21.6 Å². The standard InChI is InChI=1S/C30H24N2O3/c1-20(33)31-26-14-8-13-23(18-26)24-15-16-27-25(17-24)19-28(30(34)35)32(27)29(21-9-4-2-5-10-21)22-11-6-3-7-12-22/h2-19,29H,1H3,(H,31,33)(H,34,35). The molecule has 1 amide bonds.